The highest BCUT2D eigenvalue weighted by Crippen LogP contribution is 2.26. The van der Waals surface area contributed by atoms with Crippen molar-refractivity contribution in [1.29, 1.82) is 0 Å². The van der Waals surface area contributed by atoms with Gasteiger partial charge in [0, 0.05) is 26.2 Å². The largest absolute Gasteiger partial charge is 0.397 e. The second-order valence-electron chi connectivity index (χ2n) is 4.39. The molecule has 0 aliphatic heterocycles. The molecule has 0 fully saturated rings. The van der Waals surface area contributed by atoms with Gasteiger partial charge in [0.05, 0.1) is 17.1 Å². The van der Waals surface area contributed by atoms with E-state index in [1.807, 2.05) is 45.3 Å². The molecule has 0 spiro atoms. The van der Waals surface area contributed by atoms with Crippen molar-refractivity contribution in [3.8, 4) is 0 Å². The van der Waals surface area contributed by atoms with Crippen LogP contribution in [0.25, 0.3) is 0 Å². The van der Waals surface area contributed by atoms with E-state index in [2.05, 4.69) is 10.00 Å². The number of hydrogen-bond acceptors (Lipinski definition) is 3. The summed E-state index contributed by atoms with van der Waals surface area (Å²) in [5, 5.41) is 4.98. The topological polar surface area (TPSA) is 47.1 Å². The number of aromatic nitrogens is 2. The molecule has 5 heteroatoms. The number of anilines is 2. The Labute approximate surface area is 112 Å². The number of nitrogens with two attached hydrogens (primary N) is 1. The van der Waals surface area contributed by atoms with Crippen LogP contribution in [0.2, 0.25) is 5.15 Å². The number of rotatable bonds is 3. The van der Waals surface area contributed by atoms with Crippen LogP contribution in [0.1, 0.15) is 11.3 Å². The van der Waals surface area contributed by atoms with Gasteiger partial charge in [-0.05, 0) is 19.1 Å². The molecule has 1 aromatic heterocycles. The summed E-state index contributed by atoms with van der Waals surface area (Å²) < 4.78 is 1.69. The molecule has 4 nitrogen and oxygen atoms in total. The van der Waals surface area contributed by atoms with E-state index in [0.29, 0.717) is 11.7 Å². The van der Waals surface area contributed by atoms with E-state index in [4.69, 9.17) is 17.3 Å². The summed E-state index contributed by atoms with van der Waals surface area (Å²) in [6.07, 6.45) is 0. The van der Waals surface area contributed by atoms with Crippen LogP contribution in [0.15, 0.2) is 24.3 Å². The van der Waals surface area contributed by atoms with Crippen molar-refractivity contribution in [2.75, 3.05) is 17.7 Å². The molecule has 0 saturated heterocycles. The standard InChI is InChI=1S/C13H17ClN4/c1-9-10(13(14)18(3)16-9)8-17(2)12-7-5-4-6-11(12)15/h4-7H,8,15H2,1-3H3. The van der Waals surface area contributed by atoms with Gasteiger partial charge in [-0.2, -0.15) is 5.10 Å². The van der Waals surface area contributed by atoms with Crippen LogP contribution < -0.4 is 10.6 Å². The Balaban J connectivity index is 2.27. The Hall–Kier alpha value is -1.68. The van der Waals surface area contributed by atoms with Gasteiger partial charge >= 0.3 is 0 Å². The zero-order valence-electron chi connectivity index (χ0n) is 10.8. The van der Waals surface area contributed by atoms with Crippen LogP contribution in [0.3, 0.4) is 0 Å². The highest BCUT2D eigenvalue weighted by Gasteiger charge is 2.14. The average molecular weight is 265 g/mol. The van der Waals surface area contributed by atoms with Gasteiger partial charge in [-0.3, -0.25) is 4.68 Å². The number of para-hydroxylation sites is 2. The van der Waals surface area contributed by atoms with Crippen LogP contribution in [-0.2, 0) is 13.6 Å². The Morgan fingerprint density at radius 2 is 2.06 bits per heavy atom. The summed E-state index contributed by atoms with van der Waals surface area (Å²) in [5.41, 5.74) is 9.70. The molecule has 0 saturated carbocycles. The van der Waals surface area contributed by atoms with Crippen molar-refractivity contribution in [3.63, 3.8) is 0 Å². The molecule has 2 N–H and O–H groups in total. The minimum atomic E-state index is 0.675. The normalized spacial score (nSPS) is 10.7. The molecule has 2 rings (SSSR count). The minimum Gasteiger partial charge on any atom is -0.397 e. The lowest BCUT2D eigenvalue weighted by Crippen LogP contribution is -2.18. The Bertz CT molecular complexity index is 562. The van der Waals surface area contributed by atoms with E-state index in [1.54, 1.807) is 4.68 Å². The molecular weight excluding hydrogens is 248 g/mol. The van der Waals surface area contributed by atoms with Crippen LogP contribution >= 0.6 is 11.6 Å². The van der Waals surface area contributed by atoms with Crippen molar-refractivity contribution >= 4 is 23.0 Å². The monoisotopic (exact) mass is 264 g/mol. The highest BCUT2D eigenvalue weighted by molar-refractivity contribution is 6.30. The molecule has 0 bridgehead atoms. The van der Waals surface area contributed by atoms with Crippen molar-refractivity contribution in [1.82, 2.24) is 9.78 Å². The molecule has 1 aromatic carbocycles. The van der Waals surface area contributed by atoms with Crippen molar-refractivity contribution in [2.24, 2.45) is 7.05 Å². The second-order valence-corrected chi connectivity index (χ2v) is 4.75. The fourth-order valence-electron chi connectivity index (χ4n) is 2.01. The zero-order valence-corrected chi connectivity index (χ0v) is 11.6. The Morgan fingerprint density at radius 1 is 1.39 bits per heavy atom. The van der Waals surface area contributed by atoms with Crippen LogP contribution in [0, 0.1) is 6.92 Å². The summed E-state index contributed by atoms with van der Waals surface area (Å²) >= 11 is 6.23. The zero-order chi connectivity index (χ0) is 13.3. The summed E-state index contributed by atoms with van der Waals surface area (Å²) in [6.45, 7) is 2.65. The van der Waals surface area contributed by atoms with Gasteiger partial charge in [0.15, 0.2) is 0 Å². The first-order valence-electron chi connectivity index (χ1n) is 5.74. The summed E-state index contributed by atoms with van der Waals surface area (Å²) in [6, 6.07) is 7.79. The molecule has 0 aliphatic rings. The van der Waals surface area contributed by atoms with E-state index < -0.39 is 0 Å². The first-order valence-corrected chi connectivity index (χ1v) is 6.12. The van der Waals surface area contributed by atoms with Crippen molar-refractivity contribution in [2.45, 2.75) is 13.5 Å². The maximum atomic E-state index is 6.23. The van der Waals surface area contributed by atoms with Gasteiger partial charge in [-0.1, -0.05) is 23.7 Å². The van der Waals surface area contributed by atoms with Gasteiger partial charge in [0.25, 0.3) is 0 Å². The number of benzene rings is 1. The quantitative estimate of drug-likeness (QED) is 0.867. The fraction of sp³-hybridized carbons (Fsp3) is 0.308. The molecule has 2 aromatic rings. The smallest absolute Gasteiger partial charge is 0.131 e. The molecule has 1 heterocycles. The maximum absolute atomic E-state index is 6.23. The molecule has 0 unspecified atom stereocenters. The first kappa shape index (κ1) is 12.8. The van der Waals surface area contributed by atoms with Gasteiger partial charge in [-0.15, -0.1) is 0 Å². The van der Waals surface area contributed by atoms with Gasteiger partial charge in [0.2, 0.25) is 0 Å². The minimum absolute atomic E-state index is 0.675. The number of aryl methyl sites for hydroxylation is 2. The van der Waals surface area contributed by atoms with Gasteiger partial charge < -0.3 is 10.6 Å². The Kier molecular flexibility index (Phi) is 3.48. The van der Waals surface area contributed by atoms with Crippen molar-refractivity contribution in [3.05, 3.63) is 40.7 Å². The van der Waals surface area contributed by atoms with E-state index in [9.17, 15) is 0 Å². The third-order valence-electron chi connectivity index (χ3n) is 3.01. The maximum Gasteiger partial charge on any atom is 0.131 e. The average Bonchev–Trinajstić information content (AvgIpc) is 2.56. The van der Waals surface area contributed by atoms with Gasteiger partial charge in [0.1, 0.15) is 5.15 Å². The van der Waals surface area contributed by atoms with Crippen molar-refractivity contribution < 1.29 is 0 Å². The van der Waals surface area contributed by atoms with Crippen LogP contribution in [0.5, 0.6) is 0 Å². The van der Waals surface area contributed by atoms with Crippen LogP contribution in [0.4, 0.5) is 11.4 Å². The highest BCUT2D eigenvalue weighted by atomic mass is 35.5. The Morgan fingerprint density at radius 3 is 2.61 bits per heavy atom. The lowest BCUT2D eigenvalue weighted by molar-refractivity contribution is 0.757. The predicted octanol–water partition coefficient (Wildman–Crippen LogP) is 2.60. The summed E-state index contributed by atoms with van der Waals surface area (Å²) in [4.78, 5) is 2.07. The van der Waals surface area contributed by atoms with Crippen LogP contribution in [-0.4, -0.2) is 16.8 Å². The molecule has 96 valence electrons. The molecule has 0 atom stereocenters. The van der Waals surface area contributed by atoms with E-state index in [1.165, 1.54) is 0 Å². The number of nitrogens with zero attached hydrogens (tertiary/aromatic N) is 3. The third kappa shape index (κ3) is 2.29. The van der Waals surface area contributed by atoms with E-state index in [-0.39, 0.29) is 0 Å². The summed E-state index contributed by atoms with van der Waals surface area (Å²) in [7, 11) is 3.84. The molecular formula is C13H17ClN4. The molecule has 0 amide bonds. The SMILES string of the molecule is Cc1nn(C)c(Cl)c1CN(C)c1ccccc1N. The lowest BCUT2D eigenvalue weighted by Gasteiger charge is -2.21. The van der Waals surface area contributed by atoms with E-state index >= 15 is 0 Å². The first-order chi connectivity index (χ1) is 8.50. The second kappa shape index (κ2) is 4.90. The predicted molar refractivity (Wildman–Crippen MR) is 75.9 cm³/mol. The lowest BCUT2D eigenvalue weighted by atomic mass is 10.2. The molecule has 0 radical (unpaired) electrons. The molecule has 0 aliphatic carbocycles. The number of halogens is 1. The third-order valence-corrected chi connectivity index (χ3v) is 3.49. The number of nitrogen functional groups attached to an aromatic ring is 1. The summed E-state index contributed by atoms with van der Waals surface area (Å²) in [5.74, 6) is 0. The van der Waals surface area contributed by atoms with E-state index in [0.717, 1.165) is 22.6 Å². The molecule has 18 heavy (non-hydrogen) atoms. The fourth-order valence-corrected chi connectivity index (χ4v) is 2.25. The number of hydrogen-bond donors (Lipinski definition) is 1. The van der Waals surface area contributed by atoms with Gasteiger partial charge in [-0.25, -0.2) is 0 Å².